The van der Waals surface area contributed by atoms with Crippen molar-refractivity contribution in [2.75, 3.05) is 13.2 Å². The number of halogens is 1. The summed E-state index contributed by atoms with van der Waals surface area (Å²) >= 11 is 0. The Bertz CT molecular complexity index is 193. The Kier molecular flexibility index (Phi) is 2.37. The molecule has 0 aromatic carbocycles. The predicted octanol–water partition coefficient (Wildman–Crippen LogP) is 0.328. The summed E-state index contributed by atoms with van der Waals surface area (Å²) in [5.41, 5.74) is -1.77. The van der Waals surface area contributed by atoms with Crippen molar-refractivity contribution in [2.45, 2.75) is 32.0 Å². The van der Waals surface area contributed by atoms with Gasteiger partial charge in [0.15, 0.2) is 5.67 Å². The second kappa shape index (κ2) is 3.01. The van der Waals surface area contributed by atoms with Gasteiger partial charge < -0.3 is 10.0 Å². The van der Waals surface area contributed by atoms with Crippen LogP contribution >= 0.6 is 0 Å². The van der Waals surface area contributed by atoms with E-state index in [1.165, 1.54) is 11.8 Å². The van der Waals surface area contributed by atoms with Gasteiger partial charge in [-0.1, -0.05) is 0 Å². The van der Waals surface area contributed by atoms with Crippen LogP contribution in [0.25, 0.3) is 0 Å². The molecule has 1 N–H and O–H groups in total. The molecule has 1 fully saturated rings. The summed E-state index contributed by atoms with van der Waals surface area (Å²) in [4.78, 5) is 12.7. The Labute approximate surface area is 71.2 Å². The molecule has 0 spiro atoms. The average molecular weight is 175 g/mol. The molecule has 0 aromatic rings. The molecule has 70 valence electrons. The van der Waals surface area contributed by atoms with Crippen LogP contribution in [0.2, 0.25) is 0 Å². The maximum Gasteiger partial charge on any atom is 0.260 e. The lowest BCUT2D eigenvalue weighted by Crippen LogP contribution is -2.37. The molecular formula is C8H14FNO2. The first-order chi connectivity index (χ1) is 5.53. The first-order valence-electron chi connectivity index (χ1n) is 4.13. The molecule has 3 nitrogen and oxygen atoms in total. The number of likely N-dealkylation sites (N-methyl/N-ethyl adjacent to an activating group) is 1. The number of rotatable bonds is 2. The highest BCUT2D eigenvalue weighted by Gasteiger charge is 2.47. The molecule has 1 saturated heterocycles. The number of hydrogen-bond acceptors (Lipinski definition) is 2. The fourth-order valence-corrected chi connectivity index (χ4v) is 1.67. The minimum Gasteiger partial charge on any atom is -0.394 e. The molecule has 0 radical (unpaired) electrons. The van der Waals surface area contributed by atoms with Gasteiger partial charge in [-0.05, 0) is 13.8 Å². The van der Waals surface area contributed by atoms with E-state index in [1.807, 2.05) is 0 Å². The summed E-state index contributed by atoms with van der Waals surface area (Å²) in [6.45, 7) is 3.36. The van der Waals surface area contributed by atoms with Crippen molar-refractivity contribution >= 4 is 5.91 Å². The van der Waals surface area contributed by atoms with Gasteiger partial charge in [0.2, 0.25) is 0 Å². The largest absolute Gasteiger partial charge is 0.394 e. The van der Waals surface area contributed by atoms with Gasteiger partial charge in [0, 0.05) is 13.0 Å². The highest BCUT2D eigenvalue weighted by molar-refractivity contribution is 5.87. The van der Waals surface area contributed by atoms with E-state index >= 15 is 0 Å². The third-order valence-electron chi connectivity index (χ3n) is 2.32. The monoisotopic (exact) mass is 175 g/mol. The Morgan fingerprint density at radius 2 is 2.42 bits per heavy atom. The third-order valence-corrected chi connectivity index (χ3v) is 2.32. The Hall–Kier alpha value is -0.640. The number of alkyl halides is 1. The summed E-state index contributed by atoms with van der Waals surface area (Å²) in [6, 6.07) is -0.336. The van der Waals surface area contributed by atoms with Crippen LogP contribution in [0, 0.1) is 0 Å². The molecule has 0 saturated carbocycles. The number of aliphatic hydroxyl groups is 1. The lowest BCUT2D eigenvalue weighted by Gasteiger charge is -2.20. The van der Waals surface area contributed by atoms with Crippen LogP contribution < -0.4 is 0 Å². The average Bonchev–Trinajstić information content (AvgIpc) is 2.24. The summed E-state index contributed by atoms with van der Waals surface area (Å²) in [7, 11) is 0. The number of hydrogen-bond donors (Lipinski definition) is 1. The van der Waals surface area contributed by atoms with Crippen molar-refractivity contribution in [3.8, 4) is 0 Å². The smallest absolute Gasteiger partial charge is 0.260 e. The zero-order chi connectivity index (χ0) is 9.35. The number of nitrogens with zero attached hydrogens (tertiary/aromatic N) is 1. The predicted molar refractivity (Wildman–Crippen MR) is 42.4 cm³/mol. The lowest BCUT2D eigenvalue weighted by atomic mass is 10.1. The standard InChI is InChI=1S/C8H14FNO2/c1-3-10-6(5-11)4-8(2,9)7(10)12/h6,11H,3-5H2,1-2H3/t6-,8-/m0/s1. The molecule has 0 bridgehead atoms. The van der Waals surface area contributed by atoms with Gasteiger partial charge >= 0.3 is 0 Å². The topological polar surface area (TPSA) is 40.5 Å². The Balaban J connectivity index is 2.79. The van der Waals surface area contributed by atoms with Crippen molar-refractivity contribution in [1.82, 2.24) is 4.90 Å². The molecule has 0 unspecified atom stereocenters. The molecule has 1 amide bonds. The van der Waals surface area contributed by atoms with E-state index in [0.29, 0.717) is 6.54 Å². The minimum atomic E-state index is -1.77. The Morgan fingerprint density at radius 1 is 1.83 bits per heavy atom. The number of likely N-dealkylation sites (tertiary alicyclic amines) is 1. The van der Waals surface area contributed by atoms with Gasteiger partial charge in [0.05, 0.1) is 12.6 Å². The molecule has 1 aliphatic rings. The summed E-state index contributed by atoms with van der Waals surface area (Å²) in [6.07, 6.45) is 0.107. The van der Waals surface area contributed by atoms with Crippen LogP contribution in [0.3, 0.4) is 0 Å². The first kappa shape index (κ1) is 9.45. The number of carbonyl (C=O) groups is 1. The van der Waals surface area contributed by atoms with Gasteiger partial charge in [-0.25, -0.2) is 4.39 Å². The normalized spacial score (nSPS) is 36.2. The van der Waals surface area contributed by atoms with E-state index in [9.17, 15) is 9.18 Å². The zero-order valence-corrected chi connectivity index (χ0v) is 7.38. The molecule has 1 heterocycles. The number of aliphatic hydroxyl groups excluding tert-OH is 1. The quantitative estimate of drug-likeness (QED) is 0.657. The van der Waals surface area contributed by atoms with Gasteiger partial charge in [-0.3, -0.25) is 4.79 Å². The second-order valence-electron chi connectivity index (χ2n) is 3.33. The van der Waals surface area contributed by atoms with Crippen molar-refractivity contribution in [2.24, 2.45) is 0 Å². The first-order valence-corrected chi connectivity index (χ1v) is 4.13. The third kappa shape index (κ3) is 1.31. The van der Waals surface area contributed by atoms with Crippen LogP contribution in [0.15, 0.2) is 0 Å². The van der Waals surface area contributed by atoms with Gasteiger partial charge in [0.25, 0.3) is 5.91 Å². The van der Waals surface area contributed by atoms with Gasteiger partial charge in [-0.2, -0.15) is 0 Å². The summed E-state index contributed by atoms with van der Waals surface area (Å²) < 4.78 is 13.4. The maximum atomic E-state index is 13.4. The molecule has 0 aromatic heterocycles. The maximum absolute atomic E-state index is 13.4. The molecule has 2 atom stereocenters. The highest BCUT2D eigenvalue weighted by Crippen LogP contribution is 2.30. The highest BCUT2D eigenvalue weighted by atomic mass is 19.1. The molecule has 12 heavy (non-hydrogen) atoms. The van der Waals surface area contributed by atoms with E-state index in [2.05, 4.69) is 0 Å². The van der Waals surface area contributed by atoms with Crippen LogP contribution in [-0.4, -0.2) is 40.8 Å². The molecule has 4 heteroatoms. The van der Waals surface area contributed by atoms with Crippen LogP contribution in [-0.2, 0) is 4.79 Å². The van der Waals surface area contributed by atoms with E-state index in [1.54, 1.807) is 6.92 Å². The lowest BCUT2D eigenvalue weighted by molar-refractivity contribution is -0.137. The Morgan fingerprint density at radius 3 is 2.75 bits per heavy atom. The van der Waals surface area contributed by atoms with E-state index < -0.39 is 11.6 Å². The van der Waals surface area contributed by atoms with E-state index in [4.69, 9.17) is 5.11 Å². The summed E-state index contributed by atoms with van der Waals surface area (Å²) in [5.74, 6) is -0.496. The molecular weight excluding hydrogens is 161 g/mol. The van der Waals surface area contributed by atoms with Crippen LogP contribution in [0.5, 0.6) is 0 Å². The van der Waals surface area contributed by atoms with Crippen LogP contribution in [0.1, 0.15) is 20.3 Å². The SMILES string of the molecule is CCN1C(=O)[C@@](C)(F)C[C@H]1CO. The fraction of sp³-hybridized carbons (Fsp3) is 0.875. The van der Waals surface area contributed by atoms with Crippen molar-refractivity contribution < 1.29 is 14.3 Å². The van der Waals surface area contributed by atoms with Crippen molar-refractivity contribution in [1.29, 1.82) is 0 Å². The van der Waals surface area contributed by atoms with Gasteiger partial charge in [-0.15, -0.1) is 0 Å². The second-order valence-corrected chi connectivity index (χ2v) is 3.33. The van der Waals surface area contributed by atoms with E-state index in [-0.39, 0.29) is 19.1 Å². The molecule has 1 rings (SSSR count). The van der Waals surface area contributed by atoms with Crippen molar-refractivity contribution in [3.63, 3.8) is 0 Å². The van der Waals surface area contributed by atoms with Gasteiger partial charge in [0.1, 0.15) is 0 Å². The number of amides is 1. The fourth-order valence-electron chi connectivity index (χ4n) is 1.67. The summed E-state index contributed by atoms with van der Waals surface area (Å²) in [5, 5.41) is 8.86. The zero-order valence-electron chi connectivity index (χ0n) is 7.38. The van der Waals surface area contributed by atoms with E-state index in [0.717, 1.165) is 0 Å². The number of carbonyl (C=O) groups excluding carboxylic acids is 1. The van der Waals surface area contributed by atoms with Crippen molar-refractivity contribution in [3.05, 3.63) is 0 Å². The molecule has 0 aliphatic carbocycles. The van der Waals surface area contributed by atoms with Crippen LogP contribution in [0.4, 0.5) is 4.39 Å². The minimum absolute atomic E-state index is 0.107. The molecule has 1 aliphatic heterocycles.